The Kier molecular flexibility index (Phi) is 7.04. The lowest BCUT2D eigenvalue weighted by Crippen LogP contribution is -2.30. The third kappa shape index (κ3) is 5.50. The van der Waals surface area contributed by atoms with Crippen LogP contribution in [0.25, 0.3) is 17.0 Å². The van der Waals surface area contributed by atoms with Gasteiger partial charge in [-0.1, -0.05) is 35.0 Å². The molecule has 2 amide bonds. The lowest BCUT2D eigenvalue weighted by molar-refractivity contribution is -0.159. The Labute approximate surface area is 242 Å². The zero-order chi connectivity index (χ0) is 30.5. The molecule has 3 aromatic heterocycles. The first-order chi connectivity index (χ1) is 20.5. The molecular formula is C27H17ClF5N7O3. The molecule has 0 saturated heterocycles. The van der Waals surface area contributed by atoms with Crippen LogP contribution in [0.5, 0.6) is 0 Å². The topological polar surface area (TPSA) is 127 Å². The van der Waals surface area contributed by atoms with Gasteiger partial charge in [0.1, 0.15) is 17.2 Å². The summed E-state index contributed by atoms with van der Waals surface area (Å²) in [6.45, 7) is -0.0445. The van der Waals surface area contributed by atoms with E-state index >= 15 is 0 Å². The molecule has 0 radical (unpaired) electrons. The van der Waals surface area contributed by atoms with Crippen molar-refractivity contribution in [2.45, 2.75) is 31.6 Å². The van der Waals surface area contributed by atoms with Gasteiger partial charge in [-0.3, -0.25) is 9.59 Å². The molecule has 2 N–H and O–H groups in total. The average molecular weight is 618 g/mol. The van der Waals surface area contributed by atoms with E-state index in [1.807, 2.05) is 0 Å². The Balaban J connectivity index is 1.22. The third-order valence-corrected chi connectivity index (χ3v) is 7.07. The molecule has 1 aliphatic carbocycles. The van der Waals surface area contributed by atoms with Crippen molar-refractivity contribution in [3.8, 4) is 11.4 Å². The van der Waals surface area contributed by atoms with Crippen LogP contribution in [0, 0.1) is 11.6 Å². The van der Waals surface area contributed by atoms with E-state index in [1.54, 1.807) is 12.1 Å². The highest BCUT2D eigenvalue weighted by Gasteiger charge is 2.38. The molecule has 43 heavy (non-hydrogen) atoms. The number of hydrogen-bond donors (Lipinski definition) is 2. The van der Waals surface area contributed by atoms with Crippen LogP contribution in [0.4, 0.5) is 22.0 Å². The molecule has 0 fully saturated rings. The maximum Gasteiger partial charge on any atom is 0.471 e. The highest BCUT2D eigenvalue weighted by atomic mass is 35.5. The van der Waals surface area contributed by atoms with Crippen LogP contribution >= 0.6 is 11.6 Å². The number of hydrogen-bond acceptors (Lipinski definition) is 7. The molecule has 0 saturated carbocycles. The van der Waals surface area contributed by atoms with Gasteiger partial charge in [-0.2, -0.15) is 23.3 Å². The van der Waals surface area contributed by atoms with E-state index in [4.69, 9.17) is 11.6 Å². The second-order valence-corrected chi connectivity index (χ2v) is 9.99. The summed E-state index contributed by atoms with van der Waals surface area (Å²) in [7, 11) is 0. The van der Waals surface area contributed by atoms with Crippen molar-refractivity contribution in [1.82, 2.24) is 35.4 Å². The minimum atomic E-state index is -4.77. The molecule has 1 aliphatic rings. The Bertz CT molecular complexity index is 1910. The molecule has 6 rings (SSSR count). The zero-order valence-electron chi connectivity index (χ0n) is 21.5. The Hall–Kier alpha value is -4.92. The van der Waals surface area contributed by atoms with E-state index in [0.29, 0.717) is 29.5 Å². The first kappa shape index (κ1) is 28.2. The number of nitrogens with zero attached hydrogens (tertiary/aromatic N) is 5. The molecule has 1 atom stereocenters. The number of nitrogens with one attached hydrogen (secondary N) is 2. The quantitative estimate of drug-likeness (QED) is 0.255. The molecule has 5 aromatic rings. The highest BCUT2D eigenvalue weighted by molar-refractivity contribution is 6.30. The first-order valence-electron chi connectivity index (χ1n) is 12.6. The van der Waals surface area contributed by atoms with Crippen molar-refractivity contribution >= 4 is 29.1 Å². The number of aromatic nitrogens is 5. The summed E-state index contributed by atoms with van der Waals surface area (Å²) in [5.74, 6) is -4.57. The summed E-state index contributed by atoms with van der Waals surface area (Å²) in [6.07, 6.45) is -2.97. The summed E-state index contributed by atoms with van der Waals surface area (Å²) in [5.41, 5.74) is 1.50. The number of carbonyl (C=O) groups excluding carboxylic acids is 2. The largest absolute Gasteiger partial charge is 0.471 e. The van der Waals surface area contributed by atoms with Gasteiger partial charge in [-0.15, -0.1) is 0 Å². The van der Waals surface area contributed by atoms with Gasteiger partial charge >= 0.3 is 12.1 Å². The monoisotopic (exact) mass is 617 g/mol. The van der Waals surface area contributed by atoms with Gasteiger partial charge in [-0.05, 0) is 47.7 Å². The SMILES string of the molecule is O=C(NCc1ccc(F)c(Cl)c1)c1cc(C(=O)N[C@H]2CCc3cc(-c4noc(C(F)(F)F)n4)ccc32)n2ncc(F)c2n1. The standard InChI is InChI=1S/C27H17ClF5N7O3/c28-16-7-12(1-5-17(16)29)10-34-24(41)20-9-21(40-23(36-20)18(30)11-35-40)25(42)37-19-6-3-13-8-14(2-4-15(13)19)22-38-26(43-39-22)27(31,32)33/h1-2,4-5,7-9,11,19H,3,6,10H2,(H,34,41)(H,37,42)/t19-/m0/s1. The highest BCUT2D eigenvalue weighted by Crippen LogP contribution is 2.35. The van der Waals surface area contributed by atoms with Crippen LogP contribution < -0.4 is 10.6 Å². The summed E-state index contributed by atoms with van der Waals surface area (Å²) < 4.78 is 71.7. The first-order valence-corrected chi connectivity index (χ1v) is 13.0. The normalized spacial score (nSPS) is 14.6. The minimum absolute atomic E-state index is 0.0445. The van der Waals surface area contributed by atoms with Crippen LogP contribution in [-0.2, 0) is 19.1 Å². The number of rotatable bonds is 6. The fraction of sp³-hybridized carbons (Fsp3) is 0.185. The van der Waals surface area contributed by atoms with Crippen molar-refractivity contribution in [2.24, 2.45) is 0 Å². The molecule has 0 unspecified atom stereocenters. The van der Waals surface area contributed by atoms with Crippen molar-refractivity contribution in [3.05, 3.63) is 99.3 Å². The Morgan fingerprint density at radius 2 is 1.86 bits per heavy atom. The van der Waals surface area contributed by atoms with Gasteiger partial charge in [0, 0.05) is 18.2 Å². The number of benzene rings is 2. The van der Waals surface area contributed by atoms with Crippen molar-refractivity contribution in [2.75, 3.05) is 0 Å². The van der Waals surface area contributed by atoms with E-state index in [9.17, 15) is 31.5 Å². The van der Waals surface area contributed by atoms with Gasteiger partial charge in [0.25, 0.3) is 11.8 Å². The molecule has 0 spiro atoms. The Morgan fingerprint density at radius 3 is 2.60 bits per heavy atom. The van der Waals surface area contributed by atoms with E-state index < -0.39 is 41.6 Å². The summed E-state index contributed by atoms with van der Waals surface area (Å²) in [6, 6.07) is 9.35. The van der Waals surface area contributed by atoms with Crippen LogP contribution in [0.15, 0.2) is 53.2 Å². The second-order valence-electron chi connectivity index (χ2n) is 9.58. The summed E-state index contributed by atoms with van der Waals surface area (Å²) in [5, 5.41) is 12.6. The van der Waals surface area contributed by atoms with Crippen molar-refractivity contribution < 1.29 is 36.1 Å². The Morgan fingerprint density at radius 1 is 1.05 bits per heavy atom. The van der Waals surface area contributed by atoms with Gasteiger partial charge < -0.3 is 15.2 Å². The number of aryl methyl sites for hydroxylation is 1. The minimum Gasteiger partial charge on any atom is -0.347 e. The van der Waals surface area contributed by atoms with E-state index in [0.717, 1.165) is 28.4 Å². The van der Waals surface area contributed by atoms with Crippen LogP contribution in [0.1, 0.15) is 56.0 Å². The van der Waals surface area contributed by atoms with E-state index in [2.05, 4.69) is 35.4 Å². The van der Waals surface area contributed by atoms with Crippen LogP contribution in [0.2, 0.25) is 5.02 Å². The molecule has 0 bridgehead atoms. The summed E-state index contributed by atoms with van der Waals surface area (Å²) in [4.78, 5) is 33.7. The fourth-order valence-corrected chi connectivity index (χ4v) is 4.93. The second kappa shape index (κ2) is 10.7. The van der Waals surface area contributed by atoms with Gasteiger partial charge in [0.2, 0.25) is 5.82 Å². The lowest BCUT2D eigenvalue weighted by atomic mass is 10.0. The smallest absolute Gasteiger partial charge is 0.347 e. The van der Waals surface area contributed by atoms with Gasteiger partial charge in [0.15, 0.2) is 11.5 Å². The predicted molar refractivity (Wildman–Crippen MR) is 139 cm³/mol. The van der Waals surface area contributed by atoms with E-state index in [-0.39, 0.29) is 34.4 Å². The number of alkyl halides is 3. The van der Waals surface area contributed by atoms with Gasteiger partial charge in [-0.25, -0.2) is 18.3 Å². The molecule has 220 valence electrons. The fourth-order valence-electron chi connectivity index (χ4n) is 4.73. The molecule has 3 heterocycles. The number of halogens is 6. The maximum atomic E-state index is 14.5. The number of carbonyl (C=O) groups is 2. The number of fused-ring (bicyclic) bond motifs is 2. The van der Waals surface area contributed by atoms with Crippen molar-refractivity contribution in [3.63, 3.8) is 0 Å². The molecule has 16 heteroatoms. The molecule has 2 aromatic carbocycles. The van der Waals surface area contributed by atoms with Crippen LogP contribution in [0.3, 0.4) is 0 Å². The van der Waals surface area contributed by atoms with Crippen molar-refractivity contribution in [1.29, 1.82) is 0 Å². The van der Waals surface area contributed by atoms with E-state index in [1.165, 1.54) is 18.2 Å². The van der Waals surface area contributed by atoms with Crippen LogP contribution in [-0.4, -0.2) is 36.6 Å². The third-order valence-electron chi connectivity index (χ3n) is 6.78. The lowest BCUT2D eigenvalue weighted by Gasteiger charge is -2.15. The molecule has 10 nitrogen and oxygen atoms in total. The number of amides is 2. The average Bonchev–Trinajstić information content (AvgIpc) is 3.72. The van der Waals surface area contributed by atoms with Gasteiger partial charge in [0.05, 0.1) is 17.3 Å². The maximum absolute atomic E-state index is 14.5. The summed E-state index contributed by atoms with van der Waals surface area (Å²) >= 11 is 5.78. The predicted octanol–water partition coefficient (Wildman–Crippen LogP) is 5.08. The zero-order valence-corrected chi connectivity index (χ0v) is 22.3. The molecule has 0 aliphatic heterocycles. The molecular weight excluding hydrogens is 601 g/mol.